The maximum Gasteiger partial charge on any atom is 0.294 e. The van der Waals surface area contributed by atoms with Crippen LogP contribution in [0.25, 0.3) is 6.08 Å². The summed E-state index contributed by atoms with van der Waals surface area (Å²) in [4.78, 5) is 38.8. The van der Waals surface area contributed by atoms with E-state index in [-0.39, 0.29) is 6.54 Å². The Morgan fingerprint density at radius 2 is 2.00 bits per heavy atom. The summed E-state index contributed by atoms with van der Waals surface area (Å²) in [5, 5.41) is 4.12. The number of hydrogen-bond donors (Lipinski definition) is 1. The number of amides is 3. The molecule has 134 valence electrons. The fraction of sp³-hybridized carbons (Fsp3) is 0.167. The van der Waals surface area contributed by atoms with Crippen LogP contribution in [-0.4, -0.2) is 35.1 Å². The number of carbonyl (C=O) groups is 3. The molecule has 26 heavy (non-hydrogen) atoms. The molecule has 1 fully saturated rings. The fourth-order valence-corrected chi connectivity index (χ4v) is 3.85. The Hall–Kier alpha value is -2.58. The predicted octanol–water partition coefficient (Wildman–Crippen LogP) is 3.82. The summed E-state index contributed by atoms with van der Waals surface area (Å²) >= 11 is 2.32. The predicted molar refractivity (Wildman–Crippen MR) is 103 cm³/mol. The third kappa shape index (κ3) is 4.33. The molecule has 1 N–H and O–H groups in total. The van der Waals surface area contributed by atoms with E-state index in [1.807, 2.05) is 24.4 Å². The first-order chi connectivity index (χ1) is 12.6. The molecule has 0 saturated carbocycles. The summed E-state index contributed by atoms with van der Waals surface area (Å²) in [7, 11) is 0. The van der Waals surface area contributed by atoms with E-state index >= 15 is 0 Å². The van der Waals surface area contributed by atoms with E-state index < -0.39 is 17.1 Å². The largest absolute Gasteiger partial charge is 0.494 e. The topological polar surface area (TPSA) is 75.7 Å². The van der Waals surface area contributed by atoms with E-state index in [0.29, 0.717) is 22.9 Å². The van der Waals surface area contributed by atoms with Gasteiger partial charge in [-0.15, -0.1) is 11.3 Å². The number of hydrogen-bond acceptors (Lipinski definition) is 6. The zero-order chi connectivity index (χ0) is 18.5. The zero-order valence-electron chi connectivity index (χ0n) is 13.9. The monoisotopic (exact) mass is 388 g/mol. The third-order valence-corrected chi connectivity index (χ3v) is 5.17. The maximum absolute atomic E-state index is 12.4. The van der Waals surface area contributed by atoms with E-state index in [2.05, 4.69) is 5.32 Å². The molecule has 1 aliphatic heterocycles. The SMILES string of the molecule is CCOc1ccc(NC(=O)CN2C(=O)S/C(=C\c3cccs3)C2=O)cc1. The molecule has 6 nitrogen and oxygen atoms in total. The Morgan fingerprint density at radius 1 is 1.23 bits per heavy atom. The second-order valence-electron chi connectivity index (χ2n) is 5.29. The zero-order valence-corrected chi connectivity index (χ0v) is 15.6. The normalized spacial score (nSPS) is 15.6. The minimum atomic E-state index is -0.449. The first-order valence-electron chi connectivity index (χ1n) is 7.88. The number of benzene rings is 1. The van der Waals surface area contributed by atoms with E-state index in [9.17, 15) is 14.4 Å². The van der Waals surface area contributed by atoms with E-state index in [0.717, 1.165) is 21.5 Å². The van der Waals surface area contributed by atoms with Crippen LogP contribution in [0.2, 0.25) is 0 Å². The van der Waals surface area contributed by atoms with Crippen LogP contribution >= 0.6 is 23.1 Å². The molecule has 3 rings (SSSR count). The van der Waals surface area contributed by atoms with Crippen molar-refractivity contribution in [2.24, 2.45) is 0 Å². The van der Waals surface area contributed by atoms with Crippen LogP contribution in [0.1, 0.15) is 11.8 Å². The van der Waals surface area contributed by atoms with Gasteiger partial charge in [-0.2, -0.15) is 0 Å². The first-order valence-corrected chi connectivity index (χ1v) is 9.58. The highest BCUT2D eigenvalue weighted by Gasteiger charge is 2.36. The fourth-order valence-electron chi connectivity index (χ4n) is 2.28. The number of thiophene rings is 1. The average Bonchev–Trinajstić information content (AvgIpc) is 3.21. The Kier molecular flexibility index (Phi) is 5.75. The summed E-state index contributed by atoms with van der Waals surface area (Å²) < 4.78 is 5.34. The molecule has 1 saturated heterocycles. The highest BCUT2D eigenvalue weighted by atomic mass is 32.2. The molecule has 8 heteroatoms. The molecule has 0 aliphatic carbocycles. The van der Waals surface area contributed by atoms with Crippen LogP contribution in [-0.2, 0) is 9.59 Å². The lowest BCUT2D eigenvalue weighted by Gasteiger charge is -2.12. The van der Waals surface area contributed by atoms with Crippen LogP contribution in [0.5, 0.6) is 5.75 Å². The van der Waals surface area contributed by atoms with Gasteiger partial charge in [-0.05, 0) is 60.5 Å². The van der Waals surface area contributed by atoms with Gasteiger partial charge < -0.3 is 10.1 Å². The molecule has 1 aromatic carbocycles. The van der Waals surface area contributed by atoms with Crippen molar-refractivity contribution >= 4 is 51.9 Å². The van der Waals surface area contributed by atoms with Gasteiger partial charge in [0.1, 0.15) is 12.3 Å². The standard InChI is InChI=1S/C18H16N2O4S2/c1-2-24-13-7-5-12(6-8-13)19-16(21)11-20-17(22)15(26-18(20)23)10-14-4-3-9-25-14/h3-10H,2,11H2,1H3,(H,19,21)/b15-10-. The summed E-state index contributed by atoms with van der Waals surface area (Å²) in [6.45, 7) is 2.13. The second-order valence-corrected chi connectivity index (χ2v) is 7.26. The van der Waals surface area contributed by atoms with Crippen LogP contribution in [0, 0.1) is 0 Å². The molecule has 0 spiro atoms. The van der Waals surface area contributed by atoms with Crippen molar-refractivity contribution < 1.29 is 19.1 Å². The number of carbonyl (C=O) groups excluding carboxylic acids is 3. The molecule has 1 aromatic heterocycles. The van der Waals surface area contributed by atoms with E-state index in [1.54, 1.807) is 30.3 Å². The van der Waals surface area contributed by atoms with Gasteiger partial charge in [0.15, 0.2) is 0 Å². The molecule has 0 atom stereocenters. The number of ether oxygens (including phenoxy) is 1. The van der Waals surface area contributed by atoms with Gasteiger partial charge >= 0.3 is 0 Å². The van der Waals surface area contributed by atoms with Crippen LogP contribution in [0.15, 0.2) is 46.7 Å². The van der Waals surface area contributed by atoms with Crippen molar-refractivity contribution in [2.45, 2.75) is 6.92 Å². The lowest BCUT2D eigenvalue weighted by Crippen LogP contribution is -2.36. The van der Waals surface area contributed by atoms with E-state index in [4.69, 9.17) is 4.74 Å². The number of imide groups is 1. The molecule has 3 amide bonds. The molecule has 0 bridgehead atoms. The summed E-state index contributed by atoms with van der Waals surface area (Å²) in [5.74, 6) is -0.181. The first kappa shape index (κ1) is 18.2. The second kappa shape index (κ2) is 8.20. The van der Waals surface area contributed by atoms with Crippen LogP contribution < -0.4 is 10.1 Å². The highest BCUT2D eigenvalue weighted by molar-refractivity contribution is 8.18. The number of anilines is 1. The molecule has 1 aliphatic rings. The van der Waals surface area contributed by atoms with E-state index in [1.165, 1.54) is 11.3 Å². The molecule has 2 heterocycles. The van der Waals surface area contributed by atoms with Crippen molar-refractivity contribution in [3.63, 3.8) is 0 Å². The van der Waals surface area contributed by atoms with Crippen LogP contribution in [0.4, 0.5) is 10.5 Å². The van der Waals surface area contributed by atoms with Gasteiger partial charge in [0.05, 0.1) is 11.5 Å². The lowest BCUT2D eigenvalue weighted by atomic mass is 10.3. The average molecular weight is 388 g/mol. The number of nitrogens with one attached hydrogen (secondary N) is 1. The Balaban J connectivity index is 1.62. The van der Waals surface area contributed by atoms with Crippen molar-refractivity contribution in [1.29, 1.82) is 0 Å². The van der Waals surface area contributed by atoms with Crippen molar-refractivity contribution in [3.05, 3.63) is 51.6 Å². The Labute approximate surface area is 158 Å². The van der Waals surface area contributed by atoms with Gasteiger partial charge in [0.2, 0.25) is 5.91 Å². The van der Waals surface area contributed by atoms with Crippen molar-refractivity contribution in [2.75, 3.05) is 18.5 Å². The Morgan fingerprint density at radius 3 is 2.65 bits per heavy atom. The van der Waals surface area contributed by atoms with Crippen molar-refractivity contribution in [1.82, 2.24) is 4.90 Å². The van der Waals surface area contributed by atoms with Gasteiger partial charge in [-0.3, -0.25) is 19.3 Å². The minimum Gasteiger partial charge on any atom is -0.494 e. The van der Waals surface area contributed by atoms with Crippen molar-refractivity contribution in [3.8, 4) is 5.75 Å². The molecule has 0 radical (unpaired) electrons. The molecular formula is C18H16N2O4S2. The quantitative estimate of drug-likeness (QED) is 0.762. The van der Waals surface area contributed by atoms with Gasteiger partial charge in [-0.1, -0.05) is 6.07 Å². The summed E-state index contributed by atoms with van der Waals surface area (Å²) in [6, 6.07) is 10.6. The number of rotatable bonds is 6. The molecule has 0 unspecified atom stereocenters. The van der Waals surface area contributed by atoms with Gasteiger partial charge in [0, 0.05) is 10.6 Å². The molecule has 2 aromatic rings. The molecular weight excluding hydrogens is 372 g/mol. The lowest BCUT2D eigenvalue weighted by molar-refractivity contribution is -0.127. The number of thioether (sulfide) groups is 1. The van der Waals surface area contributed by atoms with Crippen LogP contribution in [0.3, 0.4) is 0 Å². The maximum atomic E-state index is 12.4. The van der Waals surface area contributed by atoms with Gasteiger partial charge in [-0.25, -0.2) is 0 Å². The smallest absolute Gasteiger partial charge is 0.294 e. The summed E-state index contributed by atoms with van der Waals surface area (Å²) in [5.41, 5.74) is 0.569. The minimum absolute atomic E-state index is 0.320. The summed E-state index contributed by atoms with van der Waals surface area (Å²) in [6.07, 6.45) is 1.67. The Bertz CT molecular complexity index is 845. The number of nitrogens with zero attached hydrogens (tertiary/aromatic N) is 1. The third-order valence-electron chi connectivity index (χ3n) is 3.44. The highest BCUT2D eigenvalue weighted by Crippen LogP contribution is 2.32. The van der Waals surface area contributed by atoms with Gasteiger partial charge in [0.25, 0.3) is 11.1 Å².